The minimum atomic E-state index is -0.872. The number of unbranched alkanes of at least 4 members (excludes halogenated alkanes) is 10. The second-order valence-corrected chi connectivity index (χ2v) is 22.6. The third-order valence-corrected chi connectivity index (χ3v) is 14.5. The average molecular weight is 1140 g/mol. The van der Waals surface area contributed by atoms with E-state index in [1.165, 1.54) is 0 Å². The molecule has 0 radical (unpaired) electrons. The molecule has 1 heterocycles. The molecule has 0 aromatic rings. The Hall–Kier alpha value is -3.42. The quantitative estimate of drug-likeness (QED) is 0.0188. The van der Waals surface area contributed by atoms with Crippen LogP contribution in [0.3, 0.4) is 0 Å². The van der Waals surface area contributed by atoms with Crippen molar-refractivity contribution in [1.29, 1.82) is 0 Å². The lowest BCUT2D eigenvalue weighted by atomic mass is 10.0. The number of carbonyl (C=O) groups is 6. The fourth-order valence-corrected chi connectivity index (χ4v) is 9.76. The summed E-state index contributed by atoms with van der Waals surface area (Å²) in [5.74, 6) is -2.01. The second kappa shape index (κ2) is 49.0. The maximum absolute atomic E-state index is 13.3. The van der Waals surface area contributed by atoms with Crippen LogP contribution in [0, 0.1) is 0 Å². The lowest BCUT2D eigenvalue weighted by Crippen LogP contribution is -2.61. The van der Waals surface area contributed by atoms with Gasteiger partial charge in [0.2, 0.25) is 11.8 Å². The number of amides is 2. The molecule has 10 unspecified atom stereocenters. The molecule has 80 heavy (non-hydrogen) atoms. The van der Waals surface area contributed by atoms with E-state index in [0.29, 0.717) is 51.6 Å². The van der Waals surface area contributed by atoms with Crippen molar-refractivity contribution in [3.63, 3.8) is 0 Å². The van der Waals surface area contributed by atoms with Gasteiger partial charge in [0.15, 0.2) is 0 Å². The number of hydrogen-bond donors (Lipinski definition) is 6. The molecule has 0 aliphatic carbocycles. The van der Waals surface area contributed by atoms with Gasteiger partial charge in [-0.2, -0.15) is 0 Å². The van der Waals surface area contributed by atoms with Crippen molar-refractivity contribution >= 4 is 35.7 Å². The summed E-state index contributed by atoms with van der Waals surface area (Å²) >= 11 is 0. The van der Waals surface area contributed by atoms with E-state index in [1.54, 1.807) is 0 Å². The number of carbonyl (C=O) groups excluding carboxylic acids is 6. The minimum absolute atomic E-state index is 0.0567. The molecule has 0 spiro atoms. The van der Waals surface area contributed by atoms with Crippen molar-refractivity contribution < 1.29 is 68.1 Å². The van der Waals surface area contributed by atoms with Crippen LogP contribution in [-0.2, 0) is 47.7 Å². The Kier molecular flexibility index (Phi) is 47.0. The molecule has 18 nitrogen and oxygen atoms in total. The van der Waals surface area contributed by atoms with E-state index in [4.69, 9.17) is 18.9 Å². The summed E-state index contributed by atoms with van der Waals surface area (Å²) in [4.78, 5) is 80.7. The fourth-order valence-electron chi connectivity index (χ4n) is 9.76. The maximum atomic E-state index is 13.3. The highest BCUT2D eigenvalue weighted by Gasteiger charge is 2.33. The zero-order valence-corrected chi connectivity index (χ0v) is 52.0. The normalized spacial score (nSPS) is 17.4. The first-order valence-corrected chi connectivity index (χ1v) is 31.8. The second-order valence-electron chi connectivity index (χ2n) is 22.6. The first-order chi connectivity index (χ1) is 38.3. The molecule has 1 saturated heterocycles. The van der Waals surface area contributed by atoms with Crippen LogP contribution in [-0.4, -0.2) is 166 Å². The van der Waals surface area contributed by atoms with Crippen LogP contribution in [0.15, 0.2) is 0 Å². The molecule has 1 aliphatic heterocycles. The Morgan fingerprint density at radius 1 is 0.400 bits per heavy atom. The summed E-state index contributed by atoms with van der Waals surface area (Å²) in [5, 5.41) is 49.9. The lowest BCUT2D eigenvalue weighted by molar-refractivity contribution is -0.150. The van der Waals surface area contributed by atoms with Crippen LogP contribution in [0.5, 0.6) is 0 Å². The molecular formula is C62H118N4O14. The molecule has 470 valence electrons. The number of ether oxygens (including phenoxy) is 4. The summed E-state index contributed by atoms with van der Waals surface area (Å²) < 4.78 is 22.2. The Morgan fingerprint density at radius 3 is 0.863 bits per heavy atom. The zero-order valence-electron chi connectivity index (χ0n) is 52.0. The molecule has 10 atom stereocenters. The molecule has 1 fully saturated rings. The highest BCUT2D eigenvalue weighted by molar-refractivity contribution is 5.96. The Morgan fingerprint density at radius 2 is 0.637 bits per heavy atom. The molecule has 18 heteroatoms. The van der Waals surface area contributed by atoms with Crippen LogP contribution in [0.1, 0.15) is 262 Å². The third-order valence-electron chi connectivity index (χ3n) is 14.5. The molecule has 0 bridgehead atoms. The first kappa shape index (κ1) is 76.6. The van der Waals surface area contributed by atoms with Crippen molar-refractivity contribution in [2.45, 2.75) is 323 Å². The highest BCUT2D eigenvalue weighted by Crippen LogP contribution is 2.17. The van der Waals surface area contributed by atoms with Gasteiger partial charge in [0.25, 0.3) is 0 Å². The van der Waals surface area contributed by atoms with E-state index in [1.807, 2.05) is 51.3 Å². The molecule has 0 aromatic heterocycles. The van der Waals surface area contributed by atoms with E-state index in [0.717, 1.165) is 103 Å². The van der Waals surface area contributed by atoms with Gasteiger partial charge in [-0.3, -0.25) is 38.6 Å². The number of piperazine rings is 1. The fraction of sp³-hybridized carbons (Fsp3) is 0.903. The van der Waals surface area contributed by atoms with E-state index < -0.39 is 36.5 Å². The summed E-state index contributed by atoms with van der Waals surface area (Å²) in [7, 11) is 0. The molecular weight excluding hydrogens is 1020 g/mol. The SMILES string of the molecule is CC.CCCCCC(C)OC(=O)CCC(O)CN(CCCCC1NC(=O)C(CCCCN(CC(O)CCC(=O)OC(C)CCCCC)CC(O)CCC(=O)OC(C)CCCCC)NC1=O)CC(O)CCC(=O)OC(C)CCCCC. The maximum Gasteiger partial charge on any atom is 0.306 e. The monoisotopic (exact) mass is 1140 g/mol. The van der Waals surface area contributed by atoms with Gasteiger partial charge < -0.3 is 50.0 Å². The van der Waals surface area contributed by atoms with Crippen molar-refractivity contribution in [3.05, 3.63) is 0 Å². The minimum Gasteiger partial charge on any atom is -0.463 e. The van der Waals surface area contributed by atoms with Crippen LogP contribution in [0.25, 0.3) is 0 Å². The van der Waals surface area contributed by atoms with Crippen LogP contribution in [0.2, 0.25) is 0 Å². The summed E-state index contributed by atoms with van der Waals surface area (Å²) in [6.07, 6.45) is 15.4. The standard InChI is InChI=1S/C60H112N4O14.C2H6/c1-9-13-17-25-45(5)75-55(69)35-31-49(65)41-63(42-50(66)32-36-56(70)76-46(6)26-18-14-10-2)39-23-21-29-53-59(73)62-54(60(74)61-53)30-22-24-40-64(43-51(67)33-37-57(71)77-47(7)27-19-15-11-3)44-52(68)34-38-58(72)78-48(8)28-20-16-12-4;1-2/h45-54,65-68H,9-44H2,1-8H3,(H,61,74)(H,62,73);1-2H3. The number of aliphatic hydroxyl groups is 4. The van der Waals surface area contributed by atoms with Gasteiger partial charge in [-0.1, -0.05) is 92.9 Å². The van der Waals surface area contributed by atoms with Crippen molar-refractivity contribution in [1.82, 2.24) is 20.4 Å². The molecule has 6 N–H and O–H groups in total. The van der Waals surface area contributed by atoms with E-state index in [-0.39, 0.29) is 138 Å². The smallest absolute Gasteiger partial charge is 0.306 e. The summed E-state index contributed by atoms with van der Waals surface area (Å²) in [6.45, 7) is 21.6. The third kappa shape index (κ3) is 41.5. The van der Waals surface area contributed by atoms with E-state index >= 15 is 0 Å². The first-order valence-electron chi connectivity index (χ1n) is 31.8. The van der Waals surface area contributed by atoms with Gasteiger partial charge in [-0.15, -0.1) is 0 Å². The lowest BCUT2D eigenvalue weighted by Gasteiger charge is -2.31. The van der Waals surface area contributed by atoms with Crippen LogP contribution in [0.4, 0.5) is 0 Å². The number of hydrogen-bond acceptors (Lipinski definition) is 16. The topological polar surface area (TPSA) is 251 Å². The molecule has 1 rings (SSSR count). The van der Waals surface area contributed by atoms with Gasteiger partial charge in [-0.05, 0) is 156 Å². The Labute approximate surface area is 484 Å². The number of aliphatic hydroxyl groups excluding tert-OH is 4. The van der Waals surface area contributed by atoms with Crippen molar-refractivity contribution in [2.24, 2.45) is 0 Å². The Balaban J connectivity index is 0.0000308. The van der Waals surface area contributed by atoms with Gasteiger partial charge >= 0.3 is 23.9 Å². The average Bonchev–Trinajstić information content (AvgIpc) is 3.40. The number of rotatable bonds is 50. The predicted molar refractivity (Wildman–Crippen MR) is 316 cm³/mol. The predicted octanol–water partition coefficient (Wildman–Crippen LogP) is 9.55. The van der Waals surface area contributed by atoms with Gasteiger partial charge in [0.05, 0.1) is 48.8 Å². The van der Waals surface area contributed by atoms with Gasteiger partial charge in [0.1, 0.15) is 12.1 Å². The number of nitrogens with one attached hydrogen (secondary N) is 2. The molecule has 0 aromatic carbocycles. The summed E-state index contributed by atoms with van der Waals surface area (Å²) in [6, 6.07) is -1.46. The van der Waals surface area contributed by atoms with Crippen molar-refractivity contribution in [3.8, 4) is 0 Å². The summed E-state index contributed by atoms with van der Waals surface area (Å²) in [5.41, 5.74) is 0. The largest absolute Gasteiger partial charge is 0.463 e. The van der Waals surface area contributed by atoms with E-state index in [9.17, 15) is 49.2 Å². The molecule has 1 aliphatic rings. The zero-order chi connectivity index (χ0) is 60.1. The number of esters is 4. The highest BCUT2D eigenvalue weighted by atomic mass is 16.6. The van der Waals surface area contributed by atoms with Crippen LogP contribution < -0.4 is 10.6 Å². The van der Waals surface area contributed by atoms with Gasteiger partial charge in [-0.25, -0.2) is 0 Å². The Bertz CT molecular complexity index is 1410. The molecule has 0 saturated carbocycles. The van der Waals surface area contributed by atoms with Crippen molar-refractivity contribution in [2.75, 3.05) is 39.3 Å². The molecule has 2 amide bonds. The van der Waals surface area contributed by atoms with E-state index in [2.05, 4.69) is 38.3 Å². The van der Waals surface area contributed by atoms with Crippen LogP contribution >= 0.6 is 0 Å². The van der Waals surface area contributed by atoms with Gasteiger partial charge in [0, 0.05) is 51.9 Å². The number of nitrogens with zero attached hydrogens (tertiary/aromatic N) is 2.